The number of amides is 1. The summed E-state index contributed by atoms with van der Waals surface area (Å²) in [6.07, 6.45) is -5.89. The van der Waals surface area contributed by atoms with Crippen LogP contribution in [0.25, 0.3) is 22.2 Å². The van der Waals surface area contributed by atoms with E-state index in [0.717, 1.165) is 0 Å². The van der Waals surface area contributed by atoms with Crippen LogP contribution in [0, 0.1) is 0 Å². The number of nitrogens with zero attached hydrogens (tertiary/aromatic N) is 3. The molecule has 0 bridgehead atoms. The van der Waals surface area contributed by atoms with Crippen LogP contribution in [-0.4, -0.2) is 45.7 Å². The van der Waals surface area contributed by atoms with E-state index in [9.17, 15) is 23.1 Å². The largest absolute Gasteiger partial charge is 0.497 e. The predicted octanol–water partition coefficient (Wildman–Crippen LogP) is 4.38. The van der Waals surface area contributed by atoms with Crippen LogP contribution in [-0.2, 0) is 0 Å². The lowest BCUT2D eigenvalue weighted by Gasteiger charge is -2.32. The first kappa shape index (κ1) is 20.8. The fourth-order valence-electron chi connectivity index (χ4n) is 3.55. The fourth-order valence-corrected chi connectivity index (χ4v) is 3.55. The highest BCUT2D eigenvalue weighted by atomic mass is 19.4. The lowest BCUT2D eigenvalue weighted by atomic mass is 10.0. The summed E-state index contributed by atoms with van der Waals surface area (Å²) in [5, 5.41) is 14.5. The second kappa shape index (κ2) is 7.35. The molecule has 0 spiro atoms. The van der Waals surface area contributed by atoms with E-state index in [1.807, 2.05) is 0 Å². The van der Waals surface area contributed by atoms with Gasteiger partial charge in [0.1, 0.15) is 5.75 Å². The lowest BCUT2D eigenvalue weighted by Crippen LogP contribution is -2.56. The number of aromatic nitrogens is 1. The third-order valence-electron chi connectivity index (χ3n) is 5.08. The van der Waals surface area contributed by atoms with Gasteiger partial charge in [0.15, 0.2) is 0 Å². The Morgan fingerprint density at radius 1 is 1.16 bits per heavy atom. The van der Waals surface area contributed by atoms with E-state index in [1.165, 1.54) is 20.1 Å². The molecule has 2 heterocycles. The van der Waals surface area contributed by atoms with Gasteiger partial charge in [0.05, 0.1) is 23.9 Å². The van der Waals surface area contributed by atoms with E-state index in [4.69, 9.17) is 4.74 Å². The van der Waals surface area contributed by atoms with Crippen LogP contribution in [0.3, 0.4) is 0 Å². The predicted molar refractivity (Wildman–Crippen MR) is 109 cm³/mol. The molecular weight excluding hydrogens is 411 g/mol. The minimum Gasteiger partial charge on any atom is -0.497 e. The summed E-state index contributed by atoms with van der Waals surface area (Å²) < 4.78 is 46.1. The summed E-state index contributed by atoms with van der Waals surface area (Å²) in [6, 6.07) is 14.9. The number of rotatable bonds is 3. The molecule has 0 saturated carbocycles. The Hall–Kier alpha value is -3.46. The molecule has 1 aliphatic rings. The van der Waals surface area contributed by atoms with Crippen molar-refractivity contribution in [2.45, 2.75) is 25.2 Å². The van der Waals surface area contributed by atoms with Gasteiger partial charge in [0.25, 0.3) is 11.6 Å². The molecule has 31 heavy (non-hydrogen) atoms. The third kappa shape index (κ3) is 3.50. The Balaban J connectivity index is 1.89. The molecule has 0 aliphatic carbocycles. The first-order valence-corrected chi connectivity index (χ1v) is 9.36. The van der Waals surface area contributed by atoms with E-state index in [1.54, 1.807) is 48.5 Å². The van der Waals surface area contributed by atoms with Crippen molar-refractivity contribution in [3.63, 3.8) is 0 Å². The summed E-state index contributed by atoms with van der Waals surface area (Å²) in [5.41, 5.74) is -2.05. The number of para-hydroxylation sites is 1. The molecule has 1 aromatic heterocycles. The van der Waals surface area contributed by atoms with Crippen LogP contribution in [0.1, 0.15) is 23.7 Å². The molecule has 3 aromatic rings. The van der Waals surface area contributed by atoms with Gasteiger partial charge in [-0.15, -0.1) is 0 Å². The van der Waals surface area contributed by atoms with Crippen molar-refractivity contribution in [2.24, 2.45) is 5.10 Å². The molecule has 1 atom stereocenters. The number of methoxy groups -OCH3 is 1. The number of benzene rings is 2. The van der Waals surface area contributed by atoms with E-state index in [0.29, 0.717) is 27.9 Å². The minimum absolute atomic E-state index is 0.000411. The number of aliphatic hydroxyl groups is 1. The summed E-state index contributed by atoms with van der Waals surface area (Å²) in [5.74, 6) is -0.508. The van der Waals surface area contributed by atoms with Crippen molar-refractivity contribution >= 4 is 22.5 Å². The Kier molecular flexibility index (Phi) is 4.93. The number of hydrazone groups is 1. The van der Waals surface area contributed by atoms with E-state index in [2.05, 4.69) is 10.1 Å². The van der Waals surface area contributed by atoms with Crippen molar-refractivity contribution in [3.05, 3.63) is 60.2 Å². The zero-order chi connectivity index (χ0) is 22.4. The number of ether oxygens (including phenoxy) is 1. The Labute approximate surface area is 175 Å². The number of alkyl halides is 3. The zero-order valence-corrected chi connectivity index (χ0v) is 16.6. The number of carbonyl (C=O) groups excluding carboxylic acids is 1. The smallest absolute Gasteiger partial charge is 0.438 e. The van der Waals surface area contributed by atoms with Crippen LogP contribution in [0.5, 0.6) is 5.75 Å². The van der Waals surface area contributed by atoms with Gasteiger partial charge in [-0.3, -0.25) is 4.79 Å². The Morgan fingerprint density at radius 2 is 1.90 bits per heavy atom. The summed E-state index contributed by atoms with van der Waals surface area (Å²) >= 11 is 0. The number of hydrogen-bond acceptors (Lipinski definition) is 5. The average molecular weight is 429 g/mol. The summed E-state index contributed by atoms with van der Waals surface area (Å²) in [6.45, 7) is 1.33. The second-order valence-electron chi connectivity index (χ2n) is 7.25. The van der Waals surface area contributed by atoms with Gasteiger partial charge in [0, 0.05) is 23.1 Å². The molecule has 1 N–H and O–H groups in total. The van der Waals surface area contributed by atoms with Gasteiger partial charge in [-0.25, -0.2) is 4.98 Å². The highest BCUT2D eigenvalue weighted by Gasteiger charge is 2.62. The Morgan fingerprint density at radius 3 is 2.61 bits per heavy atom. The van der Waals surface area contributed by atoms with Crippen LogP contribution >= 0.6 is 0 Å². The summed E-state index contributed by atoms with van der Waals surface area (Å²) in [4.78, 5) is 17.8. The van der Waals surface area contributed by atoms with Crippen molar-refractivity contribution in [3.8, 4) is 17.0 Å². The van der Waals surface area contributed by atoms with Gasteiger partial charge in [-0.05, 0) is 31.2 Å². The number of halogens is 3. The third-order valence-corrected chi connectivity index (χ3v) is 5.08. The van der Waals surface area contributed by atoms with Gasteiger partial charge < -0.3 is 9.84 Å². The van der Waals surface area contributed by atoms with Gasteiger partial charge in [0.2, 0.25) is 0 Å². The number of fused-ring (bicyclic) bond motifs is 1. The van der Waals surface area contributed by atoms with E-state index < -0.39 is 24.2 Å². The van der Waals surface area contributed by atoms with Crippen LogP contribution in [0.4, 0.5) is 13.2 Å². The zero-order valence-electron chi connectivity index (χ0n) is 16.6. The molecule has 160 valence electrons. The molecule has 2 aromatic carbocycles. The monoisotopic (exact) mass is 429 g/mol. The first-order valence-electron chi connectivity index (χ1n) is 9.36. The van der Waals surface area contributed by atoms with Crippen LogP contribution < -0.4 is 4.74 Å². The molecule has 0 saturated heterocycles. The van der Waals surface area contributed by atoms with Gasteiger partial charge in [-0.2, -0.15) is 23.3 Å². The molecule has 0 unspecified atom stereocenters. The maximum Gasteiger partial charge on any atom is 0.438 e. The number of hydrogen-bond donors (Lipinski definition) is 1. The quantitative estimate of drug-likeness (QED) is 0.671. The normalized spacial score (nSPS) is 18.9. The molecule has 0 fully saturated rings. The maximum absolute atomic E-state index is 13.6. The van der Waals surface area contributed by atoms with Crippen molar-refractivity contribution in [1.82, 2.24) is 9.99 Å². The SMILES string of the molecule is COc1cccc(-c2cc(C(=O)N3N=C(C)C[C@@]3(O)C(F)(F)F)c3ccccc3n2)c1. The maximum atomic E-state index is 13.6. The van der Waals surface area contributed by atoms with E-state index in [-0.39, 0.29) is 16.3 Å². The lowest BCUT2D eigenvalue weighted by molar-refractivity contribution is -0.297. The van der Waals surface area contributed by atoms with E-state index >= 15 is 0 Å². The first-order chi connectivity index (χ1) is 14.6. The topological polar surface area (TPSA) is 75.0 Å². The van der Waals surface area contributed by atoms with Gasteiger partial charge in [-0.1, -0.05) is 30.3 Å². The molecule has 1 amide bonds. The molecule has 6 nitrogen and oxygen atoms in total. The molecule has 4 rings (SSSR count). The molecule has 1 aliphatic heterocycles. The average Bonchev–Trinajstić information content (AvgIpc) is 3.07. The molecule has 9 heteroatoms. The number of pyridine rings is 1. The van der Waals surface area contributed by atoms with Crippen molar-refractivity contribution in [1.29, 1.82) is 0 Å². The Bertz CT molecular complexity index is 1210. The van der Waals surface area contributed by atoms with Gasteiger partial charge >= 0.3 is 6.18 Å². The van der Waals surface area contributed by atoms with Crippen LogP contribution in [0.15, 0.2) is 59.7 Å². The minimum atomic E-state index is -5.08. The van der Waals surface area contributed by atoms with Crippen molar-refractivity contribution < 1.29 is 27.8 Å². The summed E-state index contributed by atoms with van der Waals surface area (Å²) in [7, 11) is 1.51. The van der Waals surface area contributed by atoms with Crippen molar-refractivity contribution in [2.75, 3.05) is 7.11 Å². The second-order valence-corrected chi connectivity index (χ2v) is 7.25. The standard InChI is InChI=1S/C22H18F3N3O3/c1-13-12-21(30,22(23,24)25)28(27-13)20(29)17-11-19(14-6-5-7-15(10-14)31-2)26-18-9-4-3-8-16(17)18/h3-11,30H,12H2,1-2H3/t21-/m1/s1. The number of carbonyl (C=O) groups is 1. The highest BCUT2D eigenvalue weighted by Crippen LogP contribution is 2.41. The highest BCUT2D eigenvalue weighted by molar-refractivity contribution is 6.08. The fraction of sp³-hybridized carbons (Fsp3) is 0.227. The molecule has 0 radical (unpaired) electrons. The molecular formula is C22H18F3N3O3. The van der Waals surface area contributed by atoms with Crippen LogP contribution in [0.2, 0.25) is 0 Å².